The van der Waals surface area contributed by atoms with E-state index in [1.807, 2.05) is 36.4 Å². The number of amides is 4. The van der Waals surface area contributed by atoms with Crippen LogP contribution in [0.2, 0.25) is 0 Å². The van der Waals surface area contributed by atoms with Crippen LogP contribution in [0, 0.1) is 0 Å². The molecule has 2 unspecified atom stereocenters. The van der Waals surface area contributed by atoms with Gasteiger partial charge in [-0.2, -0.15) is 0 Å². The number of likely N-dealkylation sites (tertiary alicyclic amines) is 1. The van der Waals surface area contributed by atoms with Crippen LogP contribution in [0.1, 0.15) is 36.9 Å². The first kappa shape index (κ1) is 21.1. The van der Waals surface area contributed by atoms with Crippen LogP contribution in [0.3, 0.4) is 0 Å². The molecule has 0 bridgehead atoms. The van der Waals surface area contributed by atoms with Crippen molar-refractivity contribution in [3.05, 3.63) is 71.8 Å². The fourth-order valence-electron chi connectivity index (χ4n) is 4.40. The SMILES string of the molecule is CC1(c2ccccc2)NC(=O)N(CC(=O)NCC(c2ccccc2)N2CCCC2)C1=O. The molecule has 2 heterocycles. The quantitative estimate of drug-likeness (QED) is 0.674. The topological polar surface area (TPSA) is 81.8 Å². The molecule has 2 N–H and O–H groups in total. The van der Waals surface area contributed by atoms with Gasteiger partial charge in [-0.3, -0.25) is 19.4 Å². The Morgan fingerprint density at radius 1 is 1.03 bits per heavy atom. The van der Waals surface area contributed by atoms with Crippen LogP contribution in [0.4, 0.5) is 4.79 Å². The predicted octanol–water partition coefficient (Wildman–Crippen LogP) is 2.41. The summed E-state index contributed by atoms with van der Waals surface area (Å²) in [6.07, 6.45) is 2.30. The molecule has 4 amide bonds. The molecule has 2 aromatic carbocycles. The van der Waals surface area contributed by atoms with Crippen LogP contribution in [0.15, 0.2) is 60.7 Å². The van der Waals surface area contributed by atoms with Gasteiger partial charge < -0.3 is 10.6 Å². The van der Waals surface area contributed by atoms with Crippen molar-refractivity contribution in [1.82, 2.24) is 20.4 Å². The zero-order chi connectivity index (χ0) is 21.8. The molecule has 31 heavy (non-hydrogen) atoms. The summed E-state index contributed by atoms with van der Waals surface area (Å²) in [5.74, 6) is -0.765. The average molecular weight is 421 g/mol. The maximum Gasteiger partial charge on any atom is 0.325 e. The van der Waals surface area contributed by atoms with E-state index in [-0.39, 0.29) is 18.5 Å². The molecule has 0 aliphatic carbocycles. The Morgan fingerprint density at radius 2 is 1.65 bits per heavy atom. The number of nitrogens with zero attached hydrogens (tertiary/aromatic N) is 2. The van der Waals surface area contributed by atoms with Crippen molar-refractivity contribution in [3.8, 4) is 0 Å². The molecule has 2 fully saturated rings. The van der Waals surface area contributed by atoms with Gasteiger partial charge in [0.15, 0.2) is 0 Å². The largest absolute Gasteiger partial charge is 0.353 e. The van der Waals surface area contributed by atoms with Crippen molar-refractivity contribution in [2.24, 2.45) is 0 Å². The first-order valence-corrected chi connectivity index (χ1v) is 10.7. The monoisotopic (exact) mass is 420 g/mol. The Labute approximate surface area is 182 Å². The van der Waals surface area contributed by atoms with Gasteiger partial charge in [-0.1, -0.05) is 60.7 Å². The Hall–Kier alpha value is -3.19. The van der Waals surface area contributed by atoms with E-state index >= 15 is 0 Å². The molecule has 0 aromatic heterocycles. The fraction of sp³-hybridized carbons (Fsp3) is 0.375. The number of urea groups is 1. The molecule has 2 aromatic rings. The van der Waals surface area contributed by atoms with Crippen LogP contribution < -0.4 is 10.6 Å². The second-order valence-corrected chi connectivity index (χ2v) is 8.29. The summed E-state index contributed by atoms with van der Waals surface area (Å²) in [4.78, 5) is 41.5. The van der Waals surface area contributed by atoms with Crippen molar-refractivity contribution >= 4 is 17.8 Å². The molecule has 2 saturated heterocycles. The molecule has 2 atom stereocenters. The van der Waals surface area contributed by atoms with Crippen LogP contribution in [0.5, 0.6) is 0 Å². The smallest absolute Gasteiger partial charge is 0.325 e. The fourth-order valence-corrected chi connectivity index (χ4v) is 4.40. The van der Waals surface area contributed by atoms with Gasteiger partial charge in [0.2, 0.25) is 5.91 Å². The summed E-state index contributed by atoms with van der Waals surface area (Å²) >= 11 is 0. The van der Waals surface area contributed by atoms with E-state index in [0.717, 1.165) is 36.4 Å². The zero-order valence-electron chi connectivity index (χ0n) is 17.7. The molecule has 2 aliphatic heterocycles. The summed E-state index contributed by atoms with van der Waals surface area (Å²) < 4.78 is 0. The molecule has 2 aliphatic rings. The predicted molar refractivity (Wildman–Crippen MR) is 117 cm³/mol. The van der Waals surface area contributed by atoms with Crippen molar-refractivity contribution in [2.75, 3.05) is 26.2 Å². The van der Waals surface area contributed by atoms with Gasteiger partial charge in [0.1, 0.15) is 12.1 Å². The van der Waals surface area contributed by atoms with Crippen LogP contribution in [-0.4, -0.2) is 53.8 Å². The number of hydrogen-bond donors (Lipinski definition) is 2. The van der Waals surface area contributed by atoms with Crippen LogP contribution in [-0.2, 0) is 15.1 Å². The Balaban J connectivity index is 1.41. The highest BCUT2D eigenvalue weighted by molar-refractivity contribution is 6.09. The highest BCUT2D eigenvalue weighted by Gasteiger charge is 2.49. The zero-order valence-corrected chi connectivity index (χ0v) is 17.7. The standard InChI is InChI=1S/C24H28N4O3/c1-24(19-12-6-3-7-13-19)22(30)28(23(31)26-24)17-21(29)25-16-20(27-14-8-9-15-27)18-10-4-2-5-11-18/h2-7,10-13,20H,8-9,14-17H2,1H3,(H,25,29)(H,26,31). The second kappa shape index (κ2) is 8.89. The summed E-state index contributed by atoms with van der Waals surface area (Å²) in [6.45, 7) is 3.80. The van der Waals surface area contributed by atoms with Crippen molar-refractivity contribution in [2.45, 2.75) is 31.3 Å². The number of nitrogens with one attached hydrogen (secondary N) is 2. The minimum atomic E-state index is -1.17. The van der Waals surface area contributed by atoms with Crippen molar-refractivity contribution in [1.29, 1.82) is 0 Å². The lowest BCUT2D eigenvalue weighted by molar-refractivity contribution is -0.134. The minimum Gasteiger partial charge on any atom is -0.353 e. The molecule has 4 rings (SSSR count). The van der Waals surface area contributed by atoms with Gasteiger partial charge in [-0.25, -0.2) is 4.79 Å². The Kier molecular flexibility index (Phi) is 6.04. The van der Waals surface area contributed by atoms with Crippen molar-refractivity contribution < 1.29 is 14.4 Å². The third-order valence-corrected chi connectivity index (χ3v) is 6.19. The third kappa shape index (κ3) is 4.32. The Bertz CT molecular complexity index is 944. The highest BCUT2D eigenvalue weighted by Crippen LogP contribution is 2.28. The Morgan fingerprint density at radius 3 is 2.29 bits per heavy atom. The number of rotatable bonds is 7. The van der Waals surface area contributed by atoms with E-state index in [0.29, 0.717) is 12.1 Å². The van der Waals surface area contributed by atoms with Gasteiger partial charge in [-0.15, -0.1) is 0 Å². The maximum absolute atomic E-state index is 13.0. The lowest BCUT2D eigenvalue weighted by Crippen LogP contribution is -2.45. The molecular weight excluding hydrogens is 392 g/mol. The maximum atomic E-state index is 13.0. The number of benzene rings is 2. The van der Waals surface area contributed by atoms with Gasteiger partial charge in [-0.05, 0) is 44.0 Å². The summed E-state index contributed by atoms with van der Waals surface area (Å²) in [6, 6.07) is 18.7. The summed E-state index contributed by atoms with van der Waals surface area (Å²) in [5, 5.41) is 5.68. The highest BCUT2D eigenvalue weighted by atomic mass is 16.2. The number of hydrogen-bond acceptors (Lipinski definition) is 4. The number of imide groups is 1. The van der Waals surface area contributed by atoms with E-state index in [1.165, 1.54) is 0 Å². The molecule has 162 valence electrons. The second-order valence-electron chi connectivity index (χ2n) is 8.29. The van der Waals surface area contributed by atoms with Crippen LogP contribution in [0.25, 0.3) is 0 Å². The molecule has 7 heteroatoms. The first-order chi connectivity index (χ1) is 15.0. The number of carbonyl (C=O) groups excluding carboxylic acids is 3. The lowest BCUT2D eigenvalue weighted by Gasteiger charge is -2.28. The van der Waals surface area contributed by atoms with E-state index in [2.05, 4.69) is 27.7 Å². The van der Waals surface area contributed by atoms with Gasteiger partial charge >= 0.3 is 6.03 Å². The molecule has 0 saturated carbocycles. The van der Waals surface area contributed by atoms with Gasteiger partial charge in [0, 0.05) is 6.54 Å². The number of carbonyl (C=O) groups is 3. The van der Waals surface area contributed by atoms with E-state index in [1.54, 1.807) is 19.1 Å². The van der Waals surface area contributed by atoms with E-state index in [9.17, 15) is 14.4 Å². The average Bonchev–Trinajstić information content (AvgIpc) is 3.39. The third-order valence-electron chi connectivity index (χ3n) is 6.19. The molecular formula is C24H28N4O3. The van der Waals surface area contributed by atoms with Crippen molar-refractivity contribution in [3.63, 3.8) is 0 Å². The normalized spacial score (nSPS) is 22.4. The molecule has 7 nitrogen and oxygen atoms in total. The van der Waals surface area contributed by atoms with Gasteiger partial charge in [0.05, 0.1) is 6.04 Å². The van der Waals surface area contributed by atoms with Gasteiger partial charge in [0.25, 0.3) is 5.91 Å². The molecule has 0 spiro atoms. The summed E-state index contributed by atoms with van der Waals surface area (Å²) in [7, 11) is 0. The van der Waals surface area contributed by atoms with Crippen LogP contribution >= 0.6 is 0 Å². The van der Waals surface area contributed by atoms with E-state index < -0.39 is 17.5 Å². The minimum absolute atomic E-state index is 0.0744. The summed E-state index contributed by atoms with van der Waals surface area (Å²) in [5.41, 5.74) is 0.673. The molecule has 0 radical (unpaired) electrons. The first-order valence-electron chi connectivity index (χ1n) is 10.7. The lowest BCUT2D eigenvalue weighted by atomic mass is 9.92. The van der Waals surface area contributed by atoms with E-state index in [4.69, 9.17) is 0 Å².